The average Bonchev–Trinajstić information content (AvgIpc) is 2.65. The molecule has 8 heteroatoms. The number of rotatable bonds is 5. The van der Waals surface area contributed by atoms with E-state index < -0.39 is 11.6 Å². The van der Waals surface area contributed by atoms with E-state index in [0.717, 1.165) is 43.6 Å². The Kier molecular flexibility index (Phi) is 5.83. The van der Waals surface area contributed by atoms with Gasteiger partial charge in [0.15, 0.2) is 11.6 Å². The maximum Gasteiger partial charge on any atom is 0.251 e. The van der Waals surface area contributed by atoms with E-state index in [9.17, 15) is 13.6 Å². The van der Waals surface area contributed by atoms with Gasteiger partial charge in [-0.15, -0.1) is 0 Å². The van der Waals surface area contributed by atoms with E-state index >= 15 is 0 Å². The van der Waals surface area contributed by atoms with Gasteiger partial charge in [-0.3, -0.25) is 4.79 Å². The predicted molar refractivity (Wildman–Crippen MR) is 99.8 cm³/mol. The van der Waals surface area contributed by atoms with Gasteiger partial charge in [0.1, 0.15) is 5.82 Å². The summed E-state index contributed by atoms with van der Waals surface area (Å²) in [6.07, 6.45) is 5.02. The Labute approximate surface area is 157 Å². The van der Waals surface area contributed by atoms with E-state index in [0.29, 0.717) is 5.95 Å². The standard InChI is InChI=1S/C19H23F2N5O/c1-26(2)17-9-10-22-19(25-17)24-14-6-4-13(5-7-14)23-18(27)12-3-8-15(20)16(21)11-12/h3,8-11,13-14H,4-7H2,1-2H3,(H,23,27)(H,22,24,25). The fourth-order valence-corrected chi connectivity index (χ4v) is 3.14. The molecule has 1 aromatic carbocycles. The molecule has 1 fully saturated rings. The molecule has 1 aliphatic rings. The first-order chi connectivity index (χ1) is 12.9. The number of nitrogens with one attached hydrogen (secondary N) is 2. The minimum atomic E-state index is -1.02. The fourth-order valence-electron chi connectivity index (χ4n) is 3.14. The monoisotopic (exact) mass is 375 g/mol. The Morgan fingerprint density at radius 1 is 1.07 bits per heavy atom. The summed E-state index contributed by atoms with van der Waals surface area (Å²) in [4.78, 5) is 22.8. The second-order valence-electron chi connectivity index (χ2n) is 6.93. The van der Waals surface area contributed by atoms with E-state index in [1.807, 2.05) is 25.1 Å². The molecule has 0 atom stereocenters. The summed E-state index contributed by atoms with van der Waals surface area (Å²) in [5.74, 6) is -0.933. The van der Waals surface area contributed by atoms with Crippen LogP contribution in [0.25, 0.3) is 0 Å². The molecule has 1 aromatic heterocycles. The third-order valence-electron chi connectivity index (χ3n) is 4.68. The summed E-state index contributed by atoms with van der Waals surface area (Å²) in [6, 6.07) is 5.27. The number of carbonyl (C=O) groups is 1. The smallest absolute Gasteiger partial charge is 0.251 e. The number of aromatic nitrogens is 2. The third-order valence-corrected chi connectivity index (χ3v) is 4.68. The molecule has 0 unspecified atom stereocenters. The van der Waals surface area contributed by atoms with Gasteiger partial charge in [0.2, 0.25) is 5.95 Å². The maximum atomic E-state index is 13.3. The number of hydrogen-bond acceptors (Lipinski definition) is 5. The van der Waals surface area contributed by atoms with Crippen LogP contribution in [0.4, 0.5) is 20.5 Å². The summed E-state index contributed by atoms with van der Waals surface area (Å²) in [5.41, 5.74) is 0.128. The molecule has 1 heterocycles. The molecule has 0 aliphatic heterocycles. The molecule has 3 rings (SSSR count). The summed E-state index contributed by atoms with van der Waals surface area (Å²) in [7, 11) is 3.85. The van der Waals surface area contributed by atoms with Gasteiger partial charge < -0.3 is 15.5 Å². The lowest BCUT2D eigenvalue weighted by Gasteiger charge is -2.29. The van der Waals surface area contributed by atoms with Crippen LogP contribution in [0, 0.1) is 11.6 Å². The lowest BCUT2D eigenvalue weighted by molar-refractivity contribution is 0.0926. The normalized spacial score (nSPS) is 19.4. The van der Waals surface area contributed by atoms with Crippen molar-refractivity contribution in [2.24, 2.45) is 0 Å². The highest BCUT2D eigenvalue weighted by Gasteiger charge is 2.23. The number of carbonyl (C=O) groups excluding carboxylic acids is 1. The van der Waals surface area contributed by atoms with Gasteiger partial charge in [-0.05, 0) is 49.9 Å². The van der Waals surface area contributed by atoms with Crippen LogP contribution in [-0.2, 0) is 0 Å². The number of nitrogens with zero attached hydrogens (tertiary/aromatic N) is 3. The predicted octanol–water partition coefficient (Wildman–Crippen LogP) is 2.97. The SMILES string of the molecule is CN(C)c1ccnc(NC2CCC(NC(=O)c3ccc(F)c(F)c3)CC2)n1. The van der Waals surface area contributed by atoms with Crippen LogP contribution in [0.3, 0.4) is 0 Å². The molecule has 27 heavy (non-hydrogen) atoms. The Balaban J connectivity index is 1.50. The van der Waals surface area contributed by atoms with Crippen molar-refractivity contribution in [1.29, 1.82) is 0 Å². The summed E-state index contributed by atoms with van der Waals surface area (Å²) >= 11 is 0. The van der Waals surface area contributed by atoms with E-state index in [2.05, 4.69) is 20.6 Å². The van der Waals surface area contributed by atoms with Crippen molar-refractivity contribution in [3.63, 3.8) is 0 Å². The van der Waals surface area contributed by atoms with Crippen LogP contribution in [0.2, 0.25) is 0 Å². The fraction of sp³-hybridized carbons (Fsp3) is 0.421. The molecular formula is C19H23F2N5O. The number of hydrogen-bond donors (Lipinski definition) is 2. The van der Waals surface area contributed by atoms with Crippen molar-refractivity contribution in [2.75, 3.05) is 24.3 Å². The first-order valence-electron chi connectivity index (χ1n) is 8.95. The van der Waals surface area contributed by atoms with Gasteiger partial charge >= 0.3 is 0 Å². The van der Waals surface area contributed by atoms with E-state index in [4.69, 9.17) is 0 Å². The van der Waals surface area contributed by atoms with Crippen molar-refractivity contribution in [2.45, 2.75) is 37.8 Å². The molecule has 0 radical (unpaired) electrons. The van der Waals surface area contributed by atoms with E-state index in [1.54, 1.807) is 6.20 Å². The average molecular weight is 375 g/mol. The minimum Gasteiger partial charge on any atom is -0.363 e. The molecule has 6 nitrogen and oxygen atoms in total. The Hall–Kier alpha value is -2.77. The van der Waals surface area contributed by atoms with Crippen molar-refractivity contribution in [3.05, 3.63) is 47.7 Å². The molecule has 1 aliphatic carbocycles. The van der Waals surface area contributed by atoms with E-state index in [-0.39, 0.29) is 23.6 Å². The number of halogens is 2. The molecule has 2 aromatic rings. The number of amides is 1. The van der Waals surface area contributed by atoms with Crippen molar-refractivity contribution < 1.29 is 13.6 Å². The van der Waals surface area contributed by atoms with Gasteiger partial charge in [-0.1, -0.05) is 0 Å². The van der Waals surface area contributed by atoms with Crippen LogP contribution in [0.1, 0.15) is 36.0 Å². The highest BCUT2D eigenvalue weighted by molar-refractivity contribution is 5.94. The van der Waals surface area contributed by atoms with Crippen molar-refractivity contribution in [1.82, 2.24) is 15.3 Å². The van der Waals surface area contributed by atoms with Gasteiger partial charge in [0.25, 0.3) is 5.91 Å². The minimum absolute atomic E-state index is 0.0118. The zero-order chi connectivity index (χ0) is 19.4. The second kappa shape index (κ2) is 8.28. The van der Waals surface area contributed by atoms with Gasteiger partial charge in [-0.2, -0.15) is 4.98 Å². The molecular weight excluding hydrogens is 352 g/mol. The quantitative estimate of drug-likeness (QED) is 0.841. The molecule has 1 saturated carbocycles. The molecule has 144 valence electrons. The lowest BCUT2D eigenvalue weighted by atomic mass is 9.91. The van der Waals surface area contributed by atoms with Crippen LogP contribution < -0.4 is 15.5 Å². The topological polar surface area (TPSA) is 70.2 Å². The molecule has 2 N–H and O–H groups in total. The molecule has 1 amide bonds. The first kappa shape index (κ1) is 19.0. The van der Waals surface area contributed by atoms with Gasteiger partial charge in [0.05, 0.1) is 0 Å². The number of benzene rings is 1. The Morgan fingerprint density at radius 3 is 2.44 bits per heavy atom. The van der Waals surface area contributed by atoms with Gasteiger partial charge in [-0.25, -0.2) is 13.8 Å². The van der Waals surface area contributed by atoms with E-state index in [1.165, 1.54) is 6.07 Å². The highest BCUT2D eigenvalue weighted by Crippen LogP contribution is 2.22. The summed E-state index contributed by atoms with van der Waals surface area (Å²) in [6.45, 7) is 0. The molecule has 0 saturated heterocycles. The largest absolute Gasteiger partial charge is 0.363 e. The maximum absolute atomic E-state index is 13.3. The van der Waals surface area contributed by atoms with Crippen LogP contribution in [-0.4, -0.2) is 42.1 Å². The molecule has 0 bridgehead atoms. The second-order valence-corrected chi connectivity index (χ2v) is 6.93. The highest BCUT2D eigenvalue weighted by atomic mass is 19.2. The third kappa shape index (κ3) is 4.90. The van der Waals surface area contributed by atoms with Crippen LogP contribution in [0.15, 0.2) is 30.5 Å². The lowest BCUT2D eigenvalue weighted by Crippen LogP contribution is -2.40. The summed E-state index contributed by atoms with van der Waals surface area (Å²) in [5, 5.41) is 6.24. The Bertz CT molecular complexity index is 806. The van der Waals surface area contributed by atoms with Gasteiger partial charge in [0, 0.05) is 37.9 Å². The molecule has 0 spiro atoms. The van der Waals surface area contributed by atoms with Crippen molar-refractivity contribution >= 4 is 17.7 Å². The number of anilines is 2. The van der Waals surface area contributed by atoms with Crippen LogP contribution >= 0.6 is 0 Å². The Morgan fingerprint density at radius 2 is 1.78 bits per heavy atom. The van der Waals surface area contributed by atoms with Crippen molar-refractivity contribution in [3.8, 4) is 0 Å². The van der Waals surface area contributed by atoms with Crippen LogP contribution in [0.5, 0.6) is 0 Å². The zero-order valence-electron chi connectivity index (χ0n) is 15.4. The summed E-state index contributed by atoms with van der Waals surface area (Å²) < 4.78 is 26.3. The zero-order valence-corrected chi connectivity index (χ0v) is 15.4. The first-order valence-corrected chi connectivity index (χ1v) is 8.95.